The Hall–Kier alpha value is -2.45. The third-order valence-electron chi connectivity index (χ3n) is 3.41. The number of halogens is 1. The average Bonchev–Trinajstić information content (AvgIpc) is 2.61. The van der Waals surface area contributed by atoms with E-state index in [2.05, 4.69) is 33.5 Å². The van der Waals surface area contributed by atoms with Crippen LogP contribution in [0.25, 0.3) is 0 Å². The van der Waals surface area contributed by atoms with E-state index < -0.39 is 11.9 Å². The van der Waals surface area contributed by atoms with E-state index >= 15 is 0 Å². The van der Waals surface area contributed by atoms with E-state index in [0.29, 0.717) is 10.2 Å². The van der Waals surface area contributed by atoms with Crippen molar-refractivity contribution in [1.29, 1.82) is 0 Å². The second-order valence-electron chi connectivity index (χ2n) is 5.28. The van der Waals surface area contributed by atoms with Gasteiger partial charge in [0.05, 0.1) is 11.3 Å². The molecule has 1 amide bonds. The molecule has 6 nitrogen and oxygen atoms in total. The number of rotatable bonds is 6. The van der Waals surface area contributed by atoms with Crippen molar-refractivity contribution < 1.29 is 19.4 Å². The van der Waals surface area contributed by atoms with Gasteiger partial charge in [-0.3, -0.25) is 10.1 Å². The number of carboxylic acid groups (broad SMARTS) is 1. The molecule has 0 aliphatic rings. The van der Waals surface area contributed by atoms with Crippen LogP contribution >= 0.6 is 28.1 Å². The molecule has 0 saturated carbocycles. The molecule has 0 atom stereocenters. The highest BCUT2D eigenvalue weighted by atomic mass is 79.9. The molecule has 0 saturated heterocycles. The van der Waals surface area contributed by atoms with Crippen molar-refractivity contribution in [2.75, 3.05) is 11.9 Å². The van der Waals surface area contributed by atoms with Gasteiger partial charge in [-0.15, -0.1) is 0 Å². The molecule has 0 unspecified atom stereocenters. The molecule has 26 heavy (non-hydrogen) atoms. The van der Waals surface area contributed by atoms with Crippen LogP contribution in [0.5, 0.6) is 5.75 Å². The number of hydrogen-bond acceptors (Lipinski definition) is 4. The average molecular weight is 437 g/mol. The van der Waals surface area contributed by atoms with E-state index in [-0.39, 0.29) is 23.0 Å². The number of anilines is 1. The monoisotopic (exact) mass is 436 g/mol. The predicted octanol–water partition coefficient (Wildman–Crippen LogP) is 3.60. The van der Waals surface area contributed by atoms with Crippen LogP contribution in [0.2, 0.25) is 0 Å². The van der Waals surface area contributed by atoms with Crippen molar-refractivity contribution in [1.82, 2.24) is 5.32 Å². The standard InChI is InChI=1S/C18H17BrN2O4S/c1-2-11-3-6-13(7-4-11)25-10-16(22)21-18(26)20-15-8-5-12(19)9-14(15)17(23)24/h3-9H,2,10H2,1H3,(H,23,24)(H2,20,21,22,26). The molecule has 0 fully saturated rings. The second-order valence-corrected chi connectivity index (χ2v) is 6.61. The van der Waals surface area contributed by atoms with Crippen LogP contribution in [0, 0.1) is 0 Å². The number of amides is 1. The van der Waals surface area contributed by atoms with Crippen LogP contribution in [-0.4, -0.2) is 28.7 Å². The number of carboxylic acids is 1. The molecule has 0 radical (unpaired) electrons. The van der Waals surface area contributed by atoms with E-state index in [1.807, 2.05) is 12.1 Å². The fraction of sp³-hybridized carbons (Fsp3) is 0.167. The third-order valence-corrected chi connectivity index (χ3v) is 4.11. The lowest BCUT2D eigenvalue weighted by Gasteiger charge is -2.12. The van der Waals surface area contributed by atoms with Gasteiger partial charge in [-0.25, -0.2) is 4.79 Å². The summed E-state index contributed by atoms with van der Waals surface area (Å²) in [7, 11) is 0. The smallest absolute Gasteiger partial charge is 0.337 e. The fourth-order valence-corrected chi connectivity index (χ4v) is 2.67. The summed E-state index contributed by atoms with van der Waals surface area (Å²) in [5.41, 5.74) is 1.49. The zero-order valence-electron chi connectivity index (χ0n) is 13.9. The maximum atomic E-state index is 11.9. The molecule has 0 aliphatic carbocycles. The lowest BCUT2D eigenvalue weighted by molar-refractivity contribution is -0.121. The number of thiocarbonyl (C=S) groups is 1. The molecule has 2 rings (SSSR count). The van der Waals surface area contributed by atoms with Gasteiger partial charge in [0.2, 0.25) is 0 Å². The Balaban J connectivity index is 1.89. The van der Waals surface area contributed by atoms with E-state index in [4.69, 9.17) is 17.0 Å². The third kappa shape index (κ3) is 5.82. The molecule has 0 heterocycles. The Bertz CT molecular complexity index is 824. The number of carbonyl (C=O) groups excluding carboxylic acids is 1. The number of hydrogen-bond donors (Lipinski definition) is 3. The van der Waals surface area contributed by atoms with Crippen LogP contribution in [-0.2, 0) is 11.2 Å². The largest absolute Gasteiger partial charge is 0.484 e. The maximum absolute atomic E-state index is 11.9. The van der Waals surface area contributed by atoms with Crippen LogP contribution in [0.3, 0.4) is 0 Å². The molecule has 3 N–H and O–H groups in total. The Morgan fingerprint density at radius 1 is 1.19 bits per heavy atom. The second kappa shape index (κ2) is 9.30. The van der Waals surface area contributed by atoms with Crippen LogP contribution in [0.4, 0.5) is 5.69 Å². The van der Waals surface area contributed by atoms with Crippen LogP contribution < -0.4 is 15.4 Å². The molecule has 0 bridgehead atoms. The van der Waals surface area contributed by atoms with Crippen molar-refractivity contribution in [2.24, 2.45) is 0 Å². The van der Waals surface area contributed by atoms with Gasteiger partial charge in [0.15, 0.2) is 11.7 Å². The van der Waals surface area contributed by atoms with Gasteiger partial charge in [0.25, 0.3) is 5.91 Å². The summed E-state index contributed by atoms with van der Waals surface area (Å²) in [5, 5.41) is 14.4. The van der Waals surface area contributed by atoms with Gasteiger partial charge >= 0.3 is 5.97 Å². The van der Waals surface area contributed by atoms with Crippen molar-refractivity contribution in [3.8, 4) is 5.75 Å². The van der Waals surface area contributed by atoms with Gasteiger partial charge in [0.1, 0.15) is 5.75 Å². The van der Waals surface area contributed by atoms with Gasteiger partial charge < -0.3 is 15.2 Å². The minimum absolute atomic E-state index is 0.00949. The van der Waals surface area contributed by atoms with Crippen LogP contribution in [0.15, 0.2) is 46.9 Å². The molecule has 8 heteroatoms. The highest BCUT2D eigenvalue weighted by Crippen LogP contribution is 2.21. The van der Waals surface area contributed by atoms with E-state index in [9.17, 15) is 14.7 Å². The normalized spacial score (nSPS) is 10.1. The number of aryl methyl sites for hydroxylation is 1. The summed E-state index contributed by atoms with van der Waals surface area (Å²) in [5.74, 6) is -0.977. The Morgan fingerprint density at radius 3 is 2.50 bits per heavy atom. The van der Waals surface area contributed by atoms with Gasteiger partial charge in [-0.2, -0.15) is 0 Å². The first-order valence-electron chi connectivity index (χ1n) is 7.74. The molecular weight excluding hydrogens is 420 g/mol. The SMILES string of the molecule is CCc1ccc(OCC(=O)NC(=S)Nc2ccc(Br)cc2C(=O)O)cc1. The molecule has 0 aliphatic heterocycles. The van der Waals surface area contributed by atoms with Gasteiger partial charge in [-0.05, 0) is 54.5 Å². The Kier molecular flexibility index (Phi) is 7.11. The summed E-state index contributed by atoms with van der Waals surface area (Å²) in [6, 6.07) is 12.1. The minimum Gasteiger partial charge on any atom is -0.484 e. The van der Waals surface area contributed by atoms with Crippen molar-refractivity contribution in [3.63, 3.8) is 0 Å². The zero-order chi connectivity index (χ0) is 19.1. The highest BCUT2D eigenvalue weighted by Gasteiger charge is 2.13. The summed E-state index contributed by atoms with van der Waals surface area (Å²) >= 11 is 8.26. The first kappa shape index (κ1) is 19.9. The fourth-order valence-electron chi connectivity index (χ4n) is 2.09. The summed E-state index contributed by atoms with van der Waals surface area (Å²) in [6.07, 6.45) is 0.926. The molecule has 2 aromatic rings. The van der Waals surface area contributed by atoms with E-state index in [1.54, 1.807) is 24.3 Å². The number of aromatic carboxylic acids is 1. The Morgan fingerprint density at radius 2 is 1.88 bits per heavy atom. The highest BCUT2D eigenvalue weighted by molar-refractivity contribution is 9.10. The van der Waals surface area contributed by atoms with Crippen molar-refractivity contribution >= 4 is 50.8 Å². The molecule has 136 valence electrons. The topological polar surface area (TPSA) is 87.7 Å². The van der Waals surface area contributed by atoms with Gasteiger partial charge in [0, 0.05) is 4.47 Å². The summed E-state index contributed by atoms with van der Waals surface area (Å²) in [4.78, 5) is 23.2. The van der Waals surface area contributed by atoms with E-state index in [0.717, 1.165) is 6.42 Å². The van der Waals surface area contributed by atoms with Crippen molar-refractivity contribution in [3.05, 3.63) is 58.1 Å². The summed E-state index contributed by atoms with van der Waals surface area (Å²) in [6.45, 7) is 1.85. The molecule has 0 spiro atoms. The van der Waals surface area contributed by atoms with Crippen molar-refractivity contribution in [2.45, 2.75) is 13.3 Å². The lowest BCUT2D eigenvalue weighted by Crippen LogP contribution is -2.37. The lowest BCUT2D eigenvalue weighted by atomic mass is 10.2. The molecular formula is C18H17BrN2O4S. The molecule has 0 aromatic heterocycles. The maximum Gasteiger partial charge on any atom is 0.337 e. The number of nitrogens with one attached hydrogen (secondary N) is 2. The number of carbonyl (C=O) groups is 2. The Labute approximate surface area is 164 Å². The van der Waals surface area contributed by atoms with Gasteiger partial charge in [-0.1, -0.05) is 35.0 Å². The predicted molar refractivity (Wildman–Crippen MR) is 107 cm³/mol. The van der Waals surface area contributed by atoms with E-state index in [1.165, 1.54) is 11.6 Å². The number of benzene rings is 2. The van der Waals surface area contributed by atoms with Crippen LogP contribution in [0.1, 0.15) is 22.8 Å². The first-order valence-corrected chi connectivity index (χ1v) is 8.94. The zero-order valence-corrected chi connectivity index (χ0v) is 16.3. The minimum atomic E-state index is -1.11. The summed E-state index contributed by atoms with van der Waals surface area (Å²) < 4.78 is 6.02. The number of ether oxygens (including phenoxy) is 1. The molecule has 2 aromatic carbocycles. The first-order chi connectivity index (χ1) is 12.4. The quantitative estimate of drug-likeness (QED) is 0.599.